The van der Waals surface area contributed by atoms with Crippen molar-refractivity contribution in [1.29, 1.82) is 0 Å². The first-order valence-electron chi connectivity index (χ1n) is 4.07. The molecule has 0 aliphatic heterocycles. The summed E-state index contributed by atoms with van der Waals surface area (Å²) in [7, 11) is 0. The van der Waals surface area contributed by atoms with Crippen molar-refractivity contribution in [3.63, 3.8) is 0 Å². The van der Waals surface area contributed by atoms with Gasteiger partial charge in [-0.25, -0.2) is 0 Å². The predicted molar refractivity (Wildman–Crippen MR) is 56.6 cm³/mol. The van der Waals surface area contributed by atoms with E-state index >= 15 is 0 Å². The van der Waals surface area contributed by atoms with E-state index in [1.807, 2.05) is 0 Å². The number of aliphatic hydroxyl groups excluding tert-OH is 1. The minimum absolute atomic E-state index is 0.298. The van der Waals surface area contributed by atoms with Crippen LogP contribution in [0.1, 0.15) is 18.2 Å². The number of aliphatic hydroxyl groups is 1. The van der Waals surface area contributed by atoms with Crippen molar-refractivity contribution >= 4 is 27.3 Å². The van der Waals surface area contributed by atoms with Crippen LogP contribution in [0.2, 0.25) is 0 Å². The number of hydrogen-bond acceptors (Lipinski definition) is 2. The quantitative estimate of drug-likeness (QED) is 0.869. The van der Waals surface area contributed by atoms with Gasteiger partial charge in [-0.2, -0.15) is 0 Å². The summed E-state index contributed by atoms with van der Waals surface area (Å²) in [6.07, 6.45) is 2.15. The van der Waals surface area contributed by atoms with Gasteiger partial charge in [-0.3, -0.25) is 0 Å². The van der Waals surface area contributed by atoms with Crippen LogP contribution in [0.4, 0.5) is 0 Å². The lowest BCUT2D eigenvalue weighted by molar-refractivity contribution is 0.231. The van der Waals surface area contributed by atoms with Gasteiger partial charge in [-0.05, 0) is 46.8 Å². The van der Waals surface area contributed by atoms with Crippen molar-refractivity contribution in [2.24, 2.45) is 5.92 Å². The Morgan fingerprint density at radius 2 is 2.33 bits per heavy atom. The number of thiophene rings is 1. The van der Waals surface area contributed by atoms with Gasteiger partial charge < -0.3 is 5.11 Å². The van der Waals surface area contributed by atoms with Crippen molar-refractivity contribution < 1.29 is 5.11 Å². The van der Waals surface area contributed by atoms with Crippen LogP contribution in [-0.4, -0.2) is 11.7 Å². The van der Waals surface area contributed by atoms with Gasteiger partial charge in [0.05, 0.1) is 3.79 Å². The molecule has 0 spiro atoms. The maximum absolute atomic E-state index is 8.81. The Morgan fingerprint density at radius 1 is 1.58 bits per heavy atom. The summed E-state index contributed by atoms with van der Waals surface area (Å²) in [6, 6.07) is 4.21. The van der Waals surface area contributed by atoms with Crippen molar-refractivity contribution in [1.82, 2.24) is 0 Å². The van der Waals surface area contributed by atoms with Crippen LogP contribution in [0.3, 0.4) is 0 Å². The second-order valence-electron chi connectivity index (χ2n) is 3.03. The summed E-state index contributed by atoms with van der Waals surface area (Å²) in [5, 5.41) is 8.81. The highest BCUT2D eigenvalue weighted by atomic mass is 79.9. The summed E-state index contributed by atoms with van der Waals surface area (Å²) >= 11 is 5.20. The van der Waals surface area contributed by atoms with Crippen LogP contribution >= 0.6 is 27.3 Å². The average molecular weight is 249 g/mol. The van der Waals surface area contributed by atoms with Gasteiger partial charge >= 0.3 is 0 Å². The molecule has 12 heavy (non-hydrogen) atoms. The highest BCUT2D eigenvalue weighted by molar-refractivity contribution is 9.11. The zero-order valence-corrected chi connectivity index (χ0v) is 9.49. The minimum atomic E-state index is 0.298. The molecule has 0 aliphatic rings. The molecule has 1 rings (SSSR count). The Labute approximate surface area is 85.6 Å². The lowest BCUT2D eigenvalue weighted by atomic mass is 10.1. The molecule has 68 valence electrons. The largest absolute Gasteiger partial charge is 0.396 e. The Balaban J connectivity index is 2.33. The lowest BCUT2D eigenvalue weighted by Gasteiger charge is -2.04. The smallest absolute Gasteiger partial charge is 0.0701 e. The minimum Gasteiger partial charge on any atom is -0.396 e. The SMILES string of the molecule is CC(CO)CCc1ccc(Br)s1. The van der Waals surface area contributed by atoms with Crippen molar-refractivity contribution in [3.8, 4) is 0 Å². The van der Waals surface area contributed by atoms with Gasteiger partial charge in [-0.15, -0.1) is 11.3 Å². The van der Waals surface area contributed by atoms with E-state index in [1.54, 1.807) is 11.3 Å². The van der Waals surface area contributed by atoms with E-state index in [2.05, 4.69) is 35.0 Å². The second kappa shape index (κ2) is 5.00. The maximum atomic E-state index is 8.81. The lowest BCUT2D eigenvalue weighted by Crippen LogP contribution is -2.01. The van der Waals surface area contributed by atoms with E-state index in [9.17, 15) is 0 Å². The molecule has 1 aromatic heterocycles. The van der Waals surface area contributed by atoms with Gasteiger partial charge in [0, 0.05) is 11.5 Å². The molecule has 0 bridgehead atoms. The number of aryl methyl sites for hydroxylation is 1. The van der Waals surface area contributed by atoms with E-state index in [0.717, 1.165) is 12.8 Å². The molecule has 0 aliphatic carbocycles. The fraction of sp³-hybridized carbons (Fsp3) is 0.556. The molecule has 0 aromatic carbocycles. The van der Waals surface area contributed by atoms with E-state index in [1.165, 1.54) is 8.66 Å². The number of rotatable bonds is 4. The topological polar surface area (TPSA) is 20.2 Å². The van der Waals surface area contributed by atoms with E-state index in [0.29, 0.717) is 12.5 Å². The third kappa shape index (κ3) is 3.25. The molecule has 1 atom stereocenters. The van der Waals surface area contributed by atoms with Gasteiger partial charge in [-0.1, -0.05) is 6.92 Å². The van der Waals surface area contributed by atoms with E-state index < -0.39 is 0 Å². The third-order valence-corrected chi connectivity index (χ3v) is 3.51. The van der Waals surface area contributed by atoms with Crippen molar-refractivity contribution in [2.45, 2.75) is 19.8 Å². The molecular weight excluding hydrogens is 236 g/mol. The first-order chi connectivity index (χ1) is 5.72. The highest BCUT2D eigenvalue weighted by Crippen LogP contribution is 2.23. The second-order valence-corrected chi connectivity index (χ2v) is 5.58. The zero-order valence-electron chi connectivity index (χ0n) is 7.09. The molecule has 0 saturated heterocycles. The first-order valence-corrected chi connectivity index (χ1v) is 5.68. The fourth-order valence-corrected chi connectivity index (χ4v) is 2.46. The van der Waals surface area contributed by atoms with E-state index in [-0.39, 0.29) is 0 Å². The van der Waals surface area contributed by atoms with Crippen molar-refractivity contribution in [2.75, 3.05) is 6.61 Å². The summed E-state index contributed by atoms with van der Waals surface area (Å²) in [4.78, 5) is 1.39. The Morgan fingerprint density at radius 3 is 2.83 bits per heavy atom. The Hall–Kier alpha value is 0.140. The summed E-state index contributed by atoms with van der Waals surface area (Å²) in [5.74, 6) is 0.422. The monoisotopic (exact) mass is 248 g/mol. The molecule has 1 nitrogen and oxygen atoms in total. The summed E-state index contributed by atoms with van der Waals surface area (Å²) < 4.78 is 1.19. The maximum Gasteiger partial charge on any atom is 0.0701 e. The summed E-state index contributed by atoms with van der Waals surface area (Å²) in [5.41, 5.74) is 0. The zero-order chi connectivity index (χ0) is 8.97. The van der Waals surface area contributed by atoms with Crippen LogP contribution < -0.4 is 0 Å². The molecule has 3 heteroatoms. The molecule has 0 radical (unpaired) electrons. The predicted octanol–water partition coefficient (Wildman–Crippen LogP) is 3.07. The van der Waals surface area contributed by atoms with Gasteiger partial charge in [0.15, 0.2) is 0 Å². The van der Waals surface area contributed by atoms with Crippen LogP contribution in [0.15, 0.2) is 15.9 Å². The molecule has 0 fully saturated rings. The first kappa shape index (κ1) is 10.2. The fourth-order valence-electron chi connectivity index (χ4n) is 0.966. The third-order valence-electron chi connectivity index (χ3n) is 1.82. The standard InChI is InChI=1S/C9H13BrOS/c1-7(6-11)2-3-8-4-5-9(10)12-8/h4-5,7,11H,2-3,6H2,1H3. The van der Waals surface area contributed by atoms with Gasteiger partial charge in [0.1, 0.15) is 0 Å². The number of hydrogen-bond donors (Lipinski definition) is 1. The van der Waals surface area contributed by atoms with E-state index in [4.69, 9.17) is 5.11 Å². The molecule has 0 amide bonds. The van der Waals surface area contributed by atoms with Crippen LogP contribution in [-0.2, 0) is 6.42 Å². The van der Waals surface area contributed by atoms with Crippen LogP contribution in [0, 0.1) is 5.92 Å². The molecular formula is C9H13BrOS. The molecule has 1 N–H and O–H groups in total. The molecule has 0 saturated carbocycles. The van der Waals surface area contributed by atoms with Gasteiger partial charge in [0.2, 0.25) is 0 Å². The Bertz CT molecular complexity index is 234. The summed E-state index contributed by atoms with van der Waals surface area (Å²) in [6.45, 7) is 2.37. The normalized spacial score (nSPS) is 13.2. The van der Waals surface area contributed by atoms with Crippen LogP contribution in [0.5, 0.6) is 0 Å². The molecule has 1 unspecified atom stereocenters. The highest BCUT2D eigenvalue weighted by Gasteiger charge is 2.02. The van der Waals surface area contributed by atoms with Crippen LogP contribution in [0.25, 0.3) is 0 Å². The molecule has 1 aromatic rings. The molecule has 1 heterocycles. The number of halogens is 1. The average Bonchev–Trinajstić information content (AvgIpc) is 2.47. The van der Waals surface area contributed by atoms with Crippen molar-refractivity contribution in [3.05, 3.63) is 20.8 Å². The Kier molecular flexibility index (Phi) is 4.26. The van der Waals surface area contributed by atoms with Gasteiger partial charge in [0.25, 0.3) is 0 Å².